The van der Waals surface area contributed by atoms with Gasteiger partial charge in [-0.15, -0.1) is 0 Å². The first-order valence-corrected chi connectivity index (χ1v) is 7.89. The molecule has 102 valence electrons. The second kappa shape index (κ2) is 4.19. The molecule has 0 spiro atoms. The van der Waals surface area contributed by atoms with Crippen molar-refractivity contribution >= 4 is 17.6 Å². The van der Waals surface area contributed by atoms with Gasteiger partial charge in [0, 0.05) is 11.5 Å². The topological polar surface area (TPSA) is 43.8 Å². The molecule has 0 amide bonds. The molecule has 0 bridgehead atoms. The fourth-order valence-electron chi connectivity index (χ4n) is 2.48. The van der Waals surface area contributed by atoms with Crippen LogP contribution in [-0.4, -0.2) is 15.8 Å². The van der Waals surface area contributed by atoms with E-state index < -0.39 is 0 Å². The number of anilines is 1. The predicted octanol–water partition coefficient (Wildman–Crippen LogP) is 3.70. The third-order valence-corrected chi connectivity index (χ3v) is 5.04. The van der Waals surface area contributed by atoms with Crippen LogP contribution >= 0.6 is 11.8 Å². The molecule has 1 aromatic rings. The Bertz CT molecular complexity index is 450. The molecule has 1 fully saturated rings. The van der Waals surface area contributed by atoms with Crippen molar-refractivity contribution in [2.24, 2.45) is 0 Å². The number of aromatic nitrogens is 2. The average Bonchev–Trinajstić information content (AvgIpc) is 2.94. The van der Waals surface area contributed by atoms with Gasteiger partial charge in [0.15, 0.2) is 0 Å². The summed E-state index contributed by atoms with van der Waals surface area (Å²) in [5, 5.41) is 0. The molecule has 0 radical (unpaired) electrons. The Morgan fingerprint density at radius 1 is 1.33 bits per heavy atom. The summed E-state index contributed by atoms with van der Waals surface area (Å²) in [5.74, 6) is 1.99. The van der Waals surface area contributed by atoms with Crippen molar-refractivity contribution in [2.75, 3.05) is 12.0 Å². The average molecular weight is 267 g/mol. The van der Waals surface area contributed by atoms with E-state index in [1.54, 1.807) is 0 Å². The fraction of sp³-hybridized carbons (Fsp3) is 0.786. The lowest BCUT2D eigenvalue weighted by molar-refractivity contribution is 0.472. The van der Waals surface area contributed by atoms with E-state index in [-0.39, 0.29) is 10.2 Å². The molecular formula is C14H25N3S. The summed E-state index contributed by atoms with van der Waals surface area (Å²) in [6, 6.07) is 0.359. The normalized spacial score (nSPS) is 18.4. The van der Waals surface area contributed by atoms with Gasteiger partial charge in [0.05, 0.1) is 10.4 Å². The molecule has 0 unspecified atom stereocenters. The molecule has 1 heterocycles. The minimum atomic E-state index is 0.0329. The lowest BCUT2D eigenvalue weighted by Crippen LogP contribution is -2.21. The van der Waals surface area contributed by atoms with Gasteiger partial charge in [-0.3, -0.25) is 0 Å². The van der Waals surface area contributed by atoms with Gasteiger partial charge in [0.1, 0.15) is 11.6 Å². The second-order valence-corrected chi connectivity index (χ2v) is 7.77. The number of nitrogens with two attached hydrogens (primary N) is 1. The Hall–Kier alpha value is -0.640. The van der Waals surface area contributed by atoms with Crippen molar-refractivity contribution < 1.29 is 0 Å². The van der Waals surface area contributed by atoms with Crippen LogP contribution in [0.3, 0.4) is 0 Å². The molecule has 1 aliphatic rings. The third kappa shape index (κ3) is 2.04. The highest BCUT2D eigenvalue weighted by Crippen LogP contribution is 2.57. The van der Waals surface area contributed by atoms with Crippen molar-refractivity contribution in [1.29, 1.82) is 0 Å². The van der Waals surface area contributed by atoms with Gasteiger partial charge in [-0.05, 0) is 32.9 Å². The maximum absolute atomic E-state index is 6.39. The van der Waals surface area contributed by atoms with Gasteiger partial charge in [-0.2, -0.15) is 11.8 Å². The lowest BCUT2D eigenvalue weighted by Gasteiger charge is -2.22. The fourth-order valence-corrected chi connectivity index (χ4v) is 3.34. The number of nitrogen functional groups attached to an aromatic ring is 1. The number of rotatable bonds is 3. The Morgan fingerprint density at radius 3 is 2.17 bits per heavy atom. The van der Waals surface area contributed by atoms with Gasteiger partial charge in [-0.1, -0.05) is 20.8 Å². The van der Waals surface area contributed by atoms with Crippen molar-refractivity contribution in [3.8, 4) is 0 Å². The Labute approximate surface area is 115 Å². The van der Waals surface area contributed by atoms with Crippen molar-refractivity contribution in [3.05, 3.63) is 11.5 Å². The summed E-state index contributed by atoms with van der Waals surface area (Å²) in [4.78, 5) is 4.92. The Morgan fingerprint density at radius 2 is 1.89 bits per heavy atom. The Balaban J connectivity index is 2.58. The van der Waals surface area contributed by atoms with Crippen LogP contribution in [-0.2, 0) is 10.2 Å². The third-order valence-electron chi connectivity index (χ3n) is 3.66. The highest BCUT2D eigenvalue weighted by molar-refractivity contribution is 7.99. The molecule has 4 heteroatoms. The maximum Gasteiger partial charge on any atom is 0.128 e. The first kappa shape index (κ1) is 13.8. The van der Waals surface area contributed by atoms with E-state index >= 15 is 0 Å². The zero-order chi connectivity index (χ0) is 13.7. The number of nitrogens with zero attached hydrogens (tertiary/aromatic N) is 2. The van der Waals surface area contributed by atoms with Crippen LogP contribution in [0.15, 0.2) is 0 Å². The van der Waals surface area contributed by atoms with E-state index in [1.807, 2.05) is 11.8 Å². The molecule has 0 aromatic carbocycles. The van der Waals surface area contributed by atoms with Crippen molar-refractivity contribution in [1.82, 2.24) is 9.55 Å². The van der Waals surface area contributed by atoms with E-state index in [2.05, 4.69) is 45.4 Å². The SMILES string of the molecule is CSC1(c2nc(C(C)(C)C)n(C(C)C)c2N)CC1. The van der Waals surface area contributed by atoms with Crippen LogP contribution in [0, 0.1) is 0 Å². The smallest absolute Gasteiger partial charge is 0.128 e. The van der Waals surface area contributed by atoms with E-state index in [1.165, 1.54) is 12.8 Å². The maximum atomic E-state index is 6.39. The highest BCUT2D eigenvalue weighted by atomic mass is 32.2. The van der Waals surface area contributed by atoms with Crippen LogP contribution in [0.5, 0.6) is 0 Å². The van der Waals surface area contributed by atoms with Gasteiger partial charge >= 0.3 is 0 Å². The molecule has 1 aromatic heterocycles. The second-order valence-electron chi connectivity index (χ2n) is 6.58. The quantitative estimate of drug-likeness (QED) is 0.908. The van der Waals surface area contributed by atoms with Gasteiger partial charge < -0.3 is 10.3 Å². The highest BCUT2D eigenvalue weighted by Gasteiger charge is 2.48. The van der Waals surface area contributed by atoms with Crippen LogP contribution in [0.1, 0.15) is 65.0 Å². The molecule has 18 heavy (non-hydrogen) atoms. The lowest BCUT2D eigenvalue weighted by atomic mass is 9.95. The molecule has 1 aliphatic carbocycles. The standard InChI is InChI=1S/C14H25N3S/c1-9(2)17-11(15)10(14(18-6)7-8-14)16-12(17)13(3,4)5/h9H,7-8,15H2,1-6H3. The molecule has 0 atom stereocenters. The first-order chi connectivity index (χ1) is 8.23. The molecule has 2 rings (SSSR count). The minimum Gasteiger partial charge on any atom is -0.383 e. The number of thioether (sulfide) groups is 1. The van der Waals surface area contributed by atoms with Crippen LogP contribution in [0.25, 0.3) is 0 Å². The minimum absolute atomic E-state index is 0.0329. The van der Waals surface area contributed by atoms with E-state index in [9.17, 15) is 0 Å². The first-order valence-electron chi connectivity index (χ1n) is 6.67. The number of hydrogen-bond acceptors (Lipinski definition) is 3. The molecule has 0 saturated heterocycles. The van der Waals surface area contributed by atoms with Gasteiger partial charge in [0.25, 0.3) is 0 Å². The van der Waals surface area contributed by atoms with E-state index in [0.717, 1.165) is 17.3 Å². The molecule has 3 nitrogen and oxygen atoms in total. The molecule has 1 saturated carbocycles. The van der Waals surface area contributed by atoms with Crippen LogP contribution in [0.2, 0.25) is 0 Å². The largest absolute Gasteiger partial charge is 0.383 e. The van der Waals surface area contributed by atoms with Gasteiger partial charge in [-0.25, -0.2) is 4.98 Å². The molecular weight excluding hydrogens is 242 g/mol. The predicted molar refractivity (Wildman–Crippen MR) is 80.2 cm³/mol. The van der Waals surface area contributed by atoms with E-state index in [4.69, 9.17) is 10.7 Å². The Kier molecular flexibility index (Phi) is 3.21. The van der Waals surface area contributed by atoms with Crippen LogP contribution < -0.4 is 5.73 Å². The molecule has 0 aliphatic heterocycles. The van der Waals surface area contributed by atoms with E-state index in [0.29, 0.717) is 6.04 Å². The molecule has 2 N–H and O–H groups in total. The summed E-state index contributed by atoms with van der Waals surface area (Å²) in [5.41, 5.74) is 7.54. The summed E-state index contributed by atoms with van der Waals surface area (Å²) in [7, 11) is 0. The monoisotopic (exact) mass is 267 g/mol. The zero-order valence-corrected chi connectivity index (χ0v) is 13.2. The van der Waals surface area contributed by atoms with Crippen molar-refractivity contribution in [3.63, 3.8) is 0 Å². The summed E-state index contributed by atoms with van der Waals surface area (Å²) < 4.78 is 2.41. The summed E-state index contributed by atoms with van der Waals surface area (Å²) >= 11 is 1.89. The zero-order valence-electron chi connectivity index (χ0n) is 12.4. The number of imidazole rings is 1. The van der Waals surface area contributed by atoms with Crippen LogP contribution in [0.4, 0.5) is 5.82 Å². The number of hydrogen-bond donors (Lipinski definition) is 1. The summed E-state index contributed by atoms with van der Waals surface area (Å²) in [6.45, 7) is 11.0. The van der Waals surface area contributed by atoms with Crippen molar-refractivity contribution in [2.45, 2.75) is 63.7 Å². The van der Waals surface area contributed by atoms with Gasteiger partial charge in [0.2, 0.25) is 0 Å². The summed E-state index contributed by atoms with van der Waals surface area (Å²) in [6.07, 6.45) is 4.58.